The second-order valence-electron chi connectivity index (χ2n) is 5.84. The molecule has 0 aliphatic rings. The molecule has 0 aliphatic carbocycles. The summed E-state index contributed by atoms with van der Waals surface area (Å²) in [5, 5.41) is 3.28. The van der Waals surface area contributed by atoms with Gasteiger partial charge in [0.2, 0.25) is 0 Å². The van der Waals surface area contributed by atoms with E-state index >= 15 is 0 Å². The Morgan fingerprint density at radius 3 is 2.43 bits per heavy atom. The van der Waals surface area contributed by atoms with E-state index in [1.165, 1.54) is 0 Å². The molecular formula is C16H30N4O. The minimum Gasteiger partial charge on any atom is -0.374 e. The predicted molar refractivity (Wildman–Crippen MR) is 88.8 cm³/mol. The largest absolute Gasteiger partial charge is 0.374 e. The maximum absolute atomic E-state index is 5.46. The number of nitrogens with zero attached hydrogens (tertiary/aromatic N) is 3. The van der Waals surface area contributed by atoms with Gasteiger partial charge in [0, 0.05) is 31.8 Å². The number of ether oxygens (including phenoxy) is 1. The van der Waals surface area contributed by atoms with Crippen LogP contribution in [0.25, 0.3) is 0 Å². The third kappa shape index (κ3) is 5.87. The van der Waals surface area contributed by atoms with Crippen LogP contribution < -0.4 is 10.2 Å². The zero-order valence-corrected chi connectivity index (χ0v) is 14.3. The Labute approximate surface area is 129 Å². The van der Waals surface area contributed by atoms with Gasteiger partial charge in [-0.3, -0.25) is 0 Å². The molecule has 1 aromatic heterocycles. The van der Waals surface area contributed by atoms with Crippen molar-refractivity contribution in [3.63, 3.8) is 0 Å². The van der Waals surface area contributed by atoms with E-state index in [1.54, 1.807) is 0 Å². The number of aromatic nitrogens is 2. The molecule has 0 fully saturated rings. The number of nitrogens with one attached hydrogen (secondary N) is 1. The summed E-state index contributed by atoms with van der Waals surface area (Å²) in [6, 6.07) is 2.43. The fourth-order valence-electron chi connectivity index (χ4n) is 2.12. The molecule has 1 N–H and O–H groups in total. The van der Waals surface area contributed by atoms with E-state index in [9.17, 15) is 0 Å². The number of hydrogen-bond acceptors (Lipinski definition) is 5. The van der Waals surface area contributed by atoms with Crippen molar-refractivity contribution in [3.05, 3.63) is 11.9 Å². The SMILES string of the molecule is CCNc1cc(N(CC(C)C)C(C)C)nc(COCC)n1. The minimum atomic E-state index is 0.400. The van der Waals surface area contributed by atoms with Crippen molar-refractivity contribution in [1.29, 1.82) is 0 Å². The van der Waals surface area contributed by atoms with Gasteiger partial charge in [0.1, 0.15) is 18.2 Å². The van der Waals surface area contributed by atoms with Crippen molar-refractivity contribution in [2.75, 3.05) is 29.9 Å². The average molecular weight is 294 g/mol. The van der Waals surface area contributed by atoms with Crippen LogP contribution in [-0.4, -0.2) is 35.7 Å². The van der Waals surface area contributed by atoms with Crippen molar-refractivity contribution in [2.45, 2.75) is 54.2 Å². The molecule has 0 aliphatic heterocycles. The van der Waals surface area contributed by atoms with Gasteiger partial charge in [-0.1, -0.05) is 13.8 Å². The highest BCUT2D eigenvalue weighted by atomic mass is 16.5. The smallest absolute Gasteiger partial charge is 0.158 e. The van der Waals surface area contributed by atoms with Crippen molar-refractivity contribution in [3.8, 4) is 0 Å². The first-order chi connectivity index (χ1) is 9.97. The zero-order chi connectivity index (χ0) is 15.8. The van der Waals surface area contributed by atoms with E-state index in [-0.39, 0.29) is 0 Å². The van der Waals surface area contributed by atoms with E-state index in [0.29, 0.717) is 25.2 Å². The molecule has 1 aromatic rings. The third-order valence-electron chi connectivity index (χ3n) is 3.03. The summed E-state index contributed by atoms with van der Waals surface area (Å²) in [6.07, 6.45) is 0. The summed E-state index contributed by atoms with van der Waals surface area (Å²) in [6.45, 7) is 15.8. The van der Waals surface area contributed by atoms with Gasteiger partial charge < -0.3 is 15.0 Å². The van der Waals surface area contributed by atoms with Crippen LogP contribution in [0.5, 0.6) is 0 Å². The van der Waals surface area contributed by atoms with E-state index in [2.05, 4.69) is 54.8 Å². The molecule has 0 saturated heterocycles. The van der Waals surface area contributed by atoms with Crippen molar-refractivity contribution >= 4 is 11.6 Å². The number of hydrogen-bond donors (Lipinski definition) is 1. The zero-order valence-electron chi connectivity index (χ0n) is 14.3. The van der Waals surface area contributed by atoms with Crippen molar-refractivity contribution in [2.24, 2.45) is 5.92 Å². The molecule has 0 amide bonds. The van der Waals surface area contributed by atoms with Crippen LogP contribution in [0.2, 0.25) is 0 Å². The summed E-state index contributed by atoms with van der Waals surface area (Å²) in [4.78, 5) is 11.5. The highest BCUT2D eigenvalue weighted by Gasteiger charge is 2.16. The molecule has 0 bridgehead atoms. The van der Waals surface area contributed by atoms with Crippen molar-refractivity contribution in [1.82, 2.24) is 9.97 Å². The van der Waals surface area contributed by atoms with E-state index in [4.69, 9.17) is 4.74 Å². The van der Waals surface area contributed by atoms with Gasteiger partial charge in [-0.05, 0) is 33.6 Å². The van der Waals surface area contributed by atoms with Crippen molar-refractivity contribution < 1.29 is 4.74 Å². The molecule has 0 saturated carbocycles. The van der Waals surface area contributed by atoms with Crippen LogP contribution in [0.1, 0.15) is 47.4 Å². The Kier molecular flexibility index (Phi) is 7.43. The molecule has 21 heavy (non-hydrogen) atoms. The predicted octanol–water partition coefficient (Wildman–Crippen LogP) is 3.32. The van der Waals surface area contributed by atoms with Crippen LogP contribution >= 0.6 is 0 Å². The second-order valence-corrected chi connectivity index (χ2v) is 5.84. The standard InChI is InChI=1S/C16H30N4O/c1-7-17-14-9-16(19-15(18-14)11-21-8-2)20(13(5)6)10-12(3)4/h9,12-13H,7-8,10-11H2,1-6H3,(H,17,18,19). The molecule has 0 atom stereocenters. The average Bonchev–Trinajstić information content (AvgIpc) is 2.42. The van der Waals surface area contributed by atoms with Crippen LogP contribution in [0.4, 0.5) is 11.6 Å². The molecule has 0 radical (unpaired) electrons. The second kappa shape index (κ2) is 8.82. The maximum Gasteiger partial charge on any atom is 0.158 e. The molecule has 0 spiro atoms. The summed E-state index contributed by atoms with van der Waals surface area (Å²) in [7, 11) is 0. The molecule has 1 heterocycles. The highest BCUT2D eigenvalue weighted by Crippen LogP contribution is 2.20. The van der Waals surface area contributed by atoms with Crippen LogP contribution in [-0.2, 0) is 11.3 Å². The lowest BCUT2D eigenvalue weighted by molar-refractivity contribution is 0.128. The fraction of sp³-hybridized carbons (Fsp3) is 0.750. The summed E-state index contributed by atoms with van der Waals surface area (Å²) in [5.41, 5.74) is 0. The summed E-state index contributed by atoms with van der Waals surface area (Å²) < 4.78 is 5.46. The molecular weight excluding hydrogens is 264 g/mol. The molecule has 5 nitrogen and oxygen atoms in total. The Balaban J connectivity index is 3.08. The van der Waals surface area contributed by atoms with Gasteiger partial charge in [0.25, 0.3) is 0 Å². The van der Waals surface area contributed by atoms with E-state index in [0.717, 1.165) is 30.5 Å². The van der Waals surface area contributed by atoms with E-state index < -0.39 is 0 Å². The lowest BCUT2D eigenvalue weighted by Crippen LogP contribution is -2.35. The topological polar surface area (TPSA) is 50.3 Å². The van der Waals surface area contributed by atoms with Crippen LogP contribution in [0, 0.1) is 5.92 Å². The summed E-state index contributed by atoms with van der Waals surface area (Å²) >= 11 is 0. The normalized spacial score (nSPS) is 11.2. The minimum absolute atomic E-state index is 0.400. The first-order valence-electron chi connectivity index (χ1n) is 7.94. The van der Waals surface area contributed by atoms with Crippen LogP contribution in [0.15, 0.2) is 6.07 Å². The molecule has 5 heteroatoms. The van der Waals surface area contributed by atoms with Gasteiger partial charge in [-0.15, -0.1) is 0 Å². The number of anilines is 2. The fourth-order valence-corrected chi connectivity index (χ4v) is 2.12. The Morgan fingerprint density at radius 1 is 1.19 bits per heavy atom. The monoisotopic (exact) mass is 294 g/mol. The molecule has 1 rings (SSSR count). The maximum atomic E-state index is 5.46. The van der Waals surface area contributed by atoms with Gasteiger partial charge in [-0.25, -0.2) is 9.97 Å². The van der Waals surface area contributed by atoms with Gasteiger partial charge in [0.05, 0.1) is 0 Å². The van der Waals surface area contributed by atoms with Gasteiger partial charge in [-0.2, -0.15) is 0 Å². The van der Waals surface area contributed by atoms with Gasteiger partial charge in [0.15, 0.2) is 5.82 Å². The van der Waals surface area contributed by atoms with E-state index in [1.807, 2.05) is 13.0 Å². The first kappa shape index (κ1) is 17.7. The first-order valence-corrected chi connectivity index (χ1v) is 7.94. The Hall–Kier alpha value is -1.36. The molecule has 0 unspecified atom stereocenters. The quantitative estimate of drug-likeness (QED) is 0.757. The lowest BCUT2D eigenvalue weighted by atomic mass is 10.2. The Morgan fingerprint density at radius 2 is 1.90 bits per heavy atom. The van der Waals surface area contributed by atoms with Crippen LogP contribution in [0.3, 0.4) is 0 Å². The molecule has 120 valence electrons. The number of rotatable bonds is 9. The Bertz CT molecular complexity index is 421. The summed E-state index contributed by atoms with van der Waals surface area (Å²) in [5.74, 6) is 3.16. The lowest BCUT2D eigenvalue weighted by Gasteiger charge is -2.30. The van der Waals surface area contributed by atoms with Gasteiger partial charge >= 0.3 is 0 Å². The third-order valence-corrected chi connectivity index (χ3v) is 3.03. The molecule has 0 aromatic carbocycles. The highest BCUT2D eigenvalue weighted by molar-refractivity contribution is 5.50.